The Morgan fingerprint density at radius 2 is 1.56 bits per heavy atom. The Kier molecular flexibility index (Phi) is 4.84. The van der Waals surface area contributed by atoms with Crippen LogP contribution in [0.3, 0.4) is 0 Å². The molecule has 4 aliphatic rings. The van der Waals surface area contributed by atoms with Gasteiger partial charge in [0.05, 0.1) is 12.0 Å². The number of amides is 2. The molecule has 4 aromatic rings. The van der Waals surface area contributed by atoms with Crippen LogP contribution in [0.1, 0.15) is 44.2 Å². The summed E-state index contributed by atoms with van der Waals surface area (Å²) in [6, 6.07) is 26.2. The van der Waals surface area contributed by atoms with Crippen LogP contribution in [0.25, 0.3) is 0 Å². The normalized spacial score (nSPS) is 27.3. The van der Waals surface area contributed by atoms with E-state index < -0.39 is 34.6 Å². The first-order valence-electron chi connectivity index (χ1n) is 13.9. The first kappa shape index (κ1) is 24.2. The molecule has 8 rings (SSSR count). The van der Waals surface area contributed by atoms with Gasteiger partial charge in [-0.05, 0) is 54.3 Å². The minimum Gasteiger partial charge on any atom is -0.325 e. The number of hydrogen-bond donors (Lipinski definition) is 2. The molecule has 41 heavy (non-hydrogen) atoms. The van der Waals surface area contributed by atoms with Gasteiger partial charge in [-0.25, -0.2) is 4.39 Å². The van der Waals surface area contributed by atoms with E-state index in [2.05, 4.69) is 10.6 Å². The molecule has 2 N–H and O–H groups in total. The molecule has 4 aliphatic heterocycles. The summed E-state index contributed by atoms with van der Waals surface area (Å²) in [5.41, 5.74) is 2.44. The summed E-state index contributed by atoms with van der Waals surface area (Å²) in [5.74, 6) is -2.75. The number of carbonyl (C=O) groups excluding carboxylic acids is 3. The molecule has 0 aromatic heterocycles. The third-order valence-electron chi connectivity index (χ3n) is 9.62. The van der Waals surface area contributed by atoms with Crippen LogP contribution in [0.15, 0.2) is 91.0 Å². The average molecular weight is 544 g/mol. The van der Waals surface area contributed by atoms with E-state index in [0.717, 1.165) is 16.7 Å². The number of nitrogens with one attached hydrogen (secondary N) is 2. The maximum absolute atomic E-state index is 15.1. The van der Waals surface area contributed by atoms with E-state index in [0.29, 0.717) is 41.0 Å². The molecule has 1 saturated heterocycles. The van der Waals surface area contributed by atoms with Gasteiger partial charge in [0, 0.05) is 29.0 Å². The Bertz CT molecular complexity index is 1820. The summed E-state index contributed by atoms with van der Waals surface area (Å²) in [6.07, 6.45) is 0.622. The highest BCUT2D eigenvalue weighted by Crippen LogP contribution is 2.69. The fraction of sp³-hybridized carbons (Fsp3) is 0.206. The number of fused-ring (bicyclic) bond motifs is 9. The van der Waals surface area contributed by atoms with Crippen LogP contribution in [0.4, 0.5) is 15.8 Å². The summed E-state index contributed by atoms with van der Waals surface area (Å²) in [6.45, 7) is 2.36. The van der Waals surface area contributed by atoms with Crippen molar-refractivity contribution in [3.63, 3.8) is 0 Å². The number of ketones is 1. The zero-order valence-electron chi connectivity index (χ0n) is 22.3. The number of anilines is 2. The average Bonchev–Trinajstić information content (AvgIpc) is 3.55. The quantitative estimate of drug-likeness (QED) is 0.337. The van der Waals surface area contributed by atoms with Crippen LogP contribution < -0.4 is 10.6 Å². The van der Waals surface area contributed by atoms with Gasteiger partial charge in [0.15, 0.2) is 5.78 Å². The summed E-state index contributed by atoms with van der Waals surface area (Å²) >= 11 is 0. The van der Waals surface area contributed by atoms with Crippen molar-refractivity contribution in [1.82, 2.24) is 4.90 Å². The van der Waals surface area contributed by atoms with Crippen molar-refractivity contribution in [2.45, 2.75) is 30.3 Å². The van der Waals surface area contributed by atoms with Gasteiger partial charge in [0.1, 0.15) is 16.8 Å². The van der Waals surface area contributed by atoms with Gasteiger partial charge in [-0.15, -0.1) is 0 Å². The molecule has 0 aliphatic carbocycles. The number of aryl methyl sites for hydroxylation is 1. The first-order valence-corrected chi connectivity index (χ1v) is 13.9. The van der Waals surface area contributed by atoms with Crippen molar-refractivity contribution < 1.29 is 18.8 Å². The lowest BCUT2D eigenvalue weighted by molar-refractivity contribution is -0.128. The summed E-state index contributed by atoms with van der Waals surface area (Å²) in [4.78, 5) is 46.3. The maximum Gasteiger partial charge on any atom is 0.250 e. The highest BCUT2D eigenvalue weighted by molar-refractivity contribution is 6.18. The summed E-state index contributed by atoms with van der Waals surface area (Å²) in [7, 11) is 0. The van der Waals surface area contributed by atoms with Gasteiger partial charge in [-0.3, -0.25) is 19.3 Å². The van der Waals surface area contributed by atoms with Crippen LogP contribution in [-0.4, -0.2) is 29.0 Å². The molecule has 2 spiro atoms. The van der Waals surface area contributed by atoms with E-state index in [-0.39, 0.29) is 11.7 Å². The Hall–Kier alpha value is -4.62. The zero-order valence-corrected chi connectivity index (χ0v) is 22.3. The van der Waals surface area contributed by atoms with E-state index >= 15 is 9.18 Å². The van der Waals surface area contributed by atoms with Crippen molar-refractivity contribution in [1.29, 1.82) is 0 Å². The van der Waals surface area contributed by atoms with Crippen molar-refractivity contribution >= 4 is 29.0 Å². The fourth-order valence-corrected chi connectivity index (χ4v) is 8.08. The molecule has 0 unspecified atom stereocenters. The number of para-hydroxylation sites is 1. The van der Waals surface area contributed by atoms with E-state index in [1.165, 1.54) is 12.1 Å². The monoisotopic (exact) mass is 543 g/mol. The van der Waals surface area contributed by atoms with Gasteiger partial charge in [0.2, 0.25) is 11.8 Å². The Balaban J connectivity index is 1.53. The van der Waals surface area contributed by atoms with Crippen LogP contribution >= 0.6 is 0 Å². The SMILES string of the molecule is Cc1ccc(C(=O)[C@@H]2[C@@]3(C(=O)Nc4ccccc43)[C@H]3c4ccccc4CCN3[C@@]23C(=O)Nc2ccc(F)cc23)cc1. The summed E-state index contributed by atoms with van der Waals surface area (Å²) < 4.78 is 15.0. The standard InChI is InChI=1S/C34H26FN3O3/c1-19-10-12-21(13-11-19)28(39)29-33(24-8-4-5-9-26(24)36-31(33)40)30-23-7-3-2-6-20(23)16-17-38(30)34(29)25-18-22(35)14-15-27(25)37-32(34)41/h2-15,18,29-30H,16-17H2,1H3,(H,36,40)(H,37,41)/t29-,30-,33-,34-/m1/s1. The molecule has 4 heterocycles. The minimum atomic E-state index is -1.62. The Morgan fingerprint density at radius 1 is 0.854 bits per heavy atom. The fourth-order valence-electron chi connectivity index (χ4n) is 8.08. The number of rotatable bonds is 2. The summed E-state index contributed by atoms with van der Waals surface area (Å²) in [5, 5.41) is 6.05. The second-order valence-electron chi connectivity index (χ2n) is 11.5. The van der Waals surface area contributed by atoms with Crippen molar-refractivity contribution in [3.8, 4) is 0 Å². The number of hydrogen-bond acceptors (Lipinski definition) is 4. The van der Waals surface area contributed by atoms with E-state index in [4.69, 9.17) is 0 Å². The van der Waals surface area contributed by atoms with Gasteiger partial charge in [-0.2, -0.15) is 0 Å². The number of carbonyl (C=O) groups is 3. The van der Waals surface area contributed by atoms with Crippen LogP contribution in [0.2, 0.25) is 0 Å². The smallest absolute Gasteiger partial charge is 0.250 e. The van der Waals surface area contributed by atoms with Crippen molar-refractivity contribution in [2.75, 3.05) is 17.2 Å². The lowest BCUT2D eigenvalue weighted by atomic mass is 9.59. The van der Waals surface area contributed by atoms with Crippen LogP contribution in [0.5, 0.6) is 0 Å². The number of benzene rings is 4. The predicted molar refractivity (Wildman–Crippen MR) is 152 cm³/mol. The topological polar surface area (TPSA) is 78.5 Å². The molecule has 6 nitrogen and oxygen atoms in total. The van der Waals surface area contributed by atoms with Crippen molar-refractivity contribution in [2.24, 2.45) is 5.92 Å². The van der Waals surface area contributed by atoms with Gasteiger partial charge in [0.25, 0.3) is 0 Å². The molecule has 0 radical (unpaired) electrons. The molecule has 0 saturated carbocycles. The van der Waals surface area contributed by atoms with E-state index in [9.17, 15) is 9.59 Å². The van der Waals surface area contributed by atoms with Crippen LogP contribution in [0, 0.1) is 18.7 Å². The lowest BCUT2D eigenvalue weighted by Crippen LogP contribution is -2.55. The zero-order chi connectivity index (χ0) is 28.1. The van der Waals surface area contributed by atoms with E-state index in [1.54, 1.807) is 18.2 Å². The minimum absolute atomic E-state index is 0.323. The molecule has 202 valence electrons. The molecule has 0 bridgehead atoms. The second kappa shape index (κ2) is 8.21. The second-order valence-corrected chi connectivity index (χ2v) is 11.5. The largest absolute Gasteiger partial charge is 0.325 e. The molecule has 4 aromatic carbocycles. The molecular formula is C34H26FN3O3. The van der Waals surface area contributed by atoms with E-state index in [1.807, 2.05) is 72.5 Å². The number of Topliss-reactive ketones (excluding diaryl/α,β-unsaturated/α-hetero) is 1. The molecule has 4 atom stereocenters. The maximum atomic E-state index is 15.1. The predicted octanol–water partition coefficient (Wildman–Crippen LogP) is 5.28. The first-order chi connectivity index (χ1) is 19.9. The van der Waals surface area contributed by atoms with Crippen molar-refractivity contribution in [3.05, 3.63) is 130 Å². The third kappa shape index (κ3) is 2.86. The highest BCUT2D eigenvalue weighted by Gasteiger charge is 2.79. The van der Waals surface area contributed by atoms with Gasteiger partial charge < -0.3 is 10.6 Å². The molecule has 1 fully saturated rings. The van der Waals surface area contributed by atoms with Gasteiger partial charge >= 0.3 is 0 Å². The molecule has 2 amide bonds. The Labute approximate surface area is 236 Å². The molecular weight excluding hydrogens is 517 g/mol. The number of nitrogens with zero attached hydrogens (tertiary/aromatic N) is 1. The highest BCUT2D eigenvalue weighted by atomic mass is 19.1. The third-order valence-corrected chi connectivity index (χ3v) is 9.62. The molecule has 7 heteroatoms. The lowest BCUT2D eigenvalue weighted by Gasteiger charge is -2.42. The Morgan fingerprint density at radius 3 is 2.39 bits per heavy atom. The van der Waals surface area contributed by atoms with Crippen LogP contribution in [-0.2, 0) is 27.0 Å². The number of halogens is 1. The van der Waals surface area contributed by atoms with Gasteiger partial charge in [-0.1, -0.05) is 72.3 Å².